The van der Waals surface area contributed by atoms with Gasteiger partial charge in [-0.3, -0.25) is 15.0 Å². The molecule has 1 aromatic rings. The van der Waals surface area contributed by atoms with E-state index in [0.29, 0.717) is 5.75 Å². The van der Waals surface area contributed by atoms with Gasteiger partial charge in [0.1, 0.15) is 5.75 Å². The zero-order valence-electron chi connectivity index (χ0n) is 12.3. The van der Waals surface area contributed by atoms with Crippen molar-refractivity contribution < 1.29 is 9.66 Å². The summed E-state index contributed by atoms with van der Waals surface area (Å²) in [6.45, 7) is 8.09. The molecule has 0 saturated carbocycles. The minimum Gasteiger partial charge on any atom is -0.494 e. The minimum atomic E-state index is -0.430. The Bertz CT molecular complexity index is 439. The lowest BCUT2D eigenvalue weighted by atomic mass is 10.2. The molecule has 0 spiro atoms. The lowest BCUT2D eigenvalue weighted by Crippen LogP contribution is -2.38. The molecule has 1 atom stereocenters. The van der Waals surface area contributed by atoms with Gasteiger partial charge in [-0.05, 0) is 26.1 Å². The van der Waals surface area contributed by atoms with Crippen LogP contribution < -0.4 is 10.1 Å². The van der Waals surface area contributed by atoms with Gasteiger partial charge in [0, 0.05) is 6.07 Å². The summed E-state index contributed by atoms with van der Waals surface area (Å²) in [5, 5.41) is 14.0. The molecule has 0 aliphatic rings. The molecule has 0 aromatic heterocycles. The Kier molecular flexibility index (Phi) is 7.94. The number of ether oxygens (including phenoxy) is 1. The molecule has 0 aliphatic heterocycles. The number of nitrogens with one attached hydrogen (secondary N) is 1. The Morgan fingerprint density at radius 1 is 1.40 bits per heavy atom. The minimum absolute atomic E-state index is 0. The van der Waals surface area contributed by atoms with E-state index in [1.165, 1.54) is 19.2 Å². The van der Waals surface area contributed by atoms with Crippen molar-refractivity contribution >= 4 is 23.8 Å². The molecule has 1 rings (SSSR count). The third-order valence-electron chi connectivity index (χ3n) is 3.12. The van der Waals surface area contributed by atoms with Gasteiger partial charge >= 0.3 is 0 Å². The smallest absolute Gasteiger partial charge is 0.273 e. The fourth-order valence-corrected chi connectivity index (χ4v) is 2.00. The maximum atomic E-state index is 10.7. The fourth-order valence-electron chi connectivity index (χ4n) is 2.00. The molecule has 1 unspecified atom stereocenters. The Hall–Kier alpha value is -1.53. The second kappa shape index (κ2) is 8.60. The number of non-ortho nitro benzene ring substituents is 1. The quantitative estimate of drug-likeness (QED) is 0.476. The van der Waals surface area contributed by atoms with Crippen molar-refractivity contribution in [2.75, 3.05) is 25.5 Å². The molecule has 114 valence electrons. The number of methoxy groups -OCH3 is 1. The number of halogens is 1. The monoisotopic (exact) mass is 303 g/mol. The summed E-state index contributed by atoms with van der Waals surface area (Å²) in [5.74, 6) is 0.480. The number of nitro benzene ring substituents is 1. The normalized spacial score (nSPS) is 11.7. The Morgan fingerprint density at radius 2 is 2.00 bits per heavy atom. The number of nitro groups is 1. The van der Waals surface area contributed by atoms with Crippen molar-refractivity contribution in [3.05, 3.63) is 28.3 Å². The number of hydrogen-bond donors (Lipinski definition) is 1. The second-order valence-electron chi connectivity index (χ2n) is 4.18. The first-order valence-electron chi connectivity index (χ1n) is 6.36. The van der Waals surface area contributed by atoms with Gasteiger partial charge in [0.2, 0.25) is 0 Å². The summed E-state index contributed by atoms with van der Waals surface area (Å²) in [6, 6.07) is 4.58. The SMILES string of the molecule is CCN(CC)C(C)Nc1ccc([N+](=O)[O-])cc1OC.Cl. The van der Waals surface area contributed by atoms with E-state index in [4.69, 9.17) is 4.74 Å². The van der Waals surface area contributed by atoms with Crippen LogP contribution in [-0.2, 0) is 0 Å². The van der Waals surface area contributed by atoms with Crippen LogP contribution in [0.15, 0.2) is 18.2 Å². The van der Waals surface area contributed by atoms with Crippen LogP contribution in [-0.4, -0.2) is 36.2 Å². The maximum absolute atomic E-state index is 10.7. The topological polar surface area (TPSA) is 67.6 Å². The molecule has 20 heavy (non-hydrogen) atoms. The molecule has 6 nitrogen and oxygen atoms in total. The molecule has 0 aliphatic carbocycles. The van der Waals surface area contributed by atoms with Gasteiger partial charge in [0.05, 0.1) is 30.0 Å². The average molecular weight is 304 g/mol. The van der Waals surface area contributed by atoms with E-state index in [0.717, 1.165) is 18.8 Å². The first kappa shape index (κ1) is 18.5. The molecule has 0 radical (unpaired) electrons. The largest absolute Gasteiger partial charge is 0.494 e. The van der Waals surface area contributed by atoms with Crippen LogP contribution in [0.3, 0.4) is 0 Å². The first-order valence-corrected chi connectivity index (χ1v) is 6.36. The van der Waals surface area contributed by atoms with Crippen molar-refractivity contribution in [3.63, 3.8) is 0 Å². The van der Waals surface area contributed by atoms with Crippen LogP contribution in [0, 0.1) is 10.1 Å². The van der Waals surface area contributed by atoms with Gasteiger partial charge in [-0.15, -0.1) is 12.4 Å². The van der Waals surface area contributed by atoms with Crippen LogP contribution >= 0.6 is 12.4 Å². The van der Waals surface area contributed by atoms with Crippen LogP contribution in [0.4, 0.5) is 11.4 Å². The molecule has 0 amide bonds. The number of benzene rings is 1. The van der Waals surface area contributed by atoms with Crippen molar-refractivity contribution in [1.29, 1.82) is 0 Å². The van der Waals surface area contributed by atoms with Gasteiger partial charge < -0.3 is 10.1 Å². The predicted octanol–water partition coefficient (Wildman–Crippen LogP) is 3.12. The summed E-state index contributed by atoms with van der Waals surface area (Å²) in [5.41, 5.74) is 0.783. The van der Waals surface area contributed by atoms with E-state index in [2.05, 4.69) is 24.1 Å². The van der Waals surface area contributed by atoms with Crippen molar-refractivity contribution in [2.45, 2.75) is 26.9 Å². The fraction of sp³-hybridized carbons (Fsp3) is 0.538. The molecule has 0 heterocycles. The van der Waals surface area contributed by atoms with Gasteiger partial charge in [-0.25, -0.2) is 0 Å². The van der Waals surface area contributed by atoms with Crippen molar-refractivity contribution in [2.24, 2.45) is 0 Å². The van der Waals surface area contributed by atoms with Crippen LogP contribution in [0.1, 0.15) is 20.8 Å². The molecule has 0 saturated heterocycles. The zero-order chi connectivity index (χ0) is 14.4. The molecular formula is C13H22ClN3O3. The van der Waals surface area contributed by atoms with Gasteiger partial charge in [-0.2, -0.15) is 0 Å². The predicted molar refractivity (Wildman–Crippen MR) is 82.9 cm³/mol. The van der Waals surface area contributed by atoms with E-state index < -0.39 is 4.92 Å². The van der Waals surface area contributed by atoms with E-state index in [9.17, 15) is 10.1 Å². The van der Waals surface area contributed by atoms with Crippen molar-refractivity contribution in [3.8, 4) is 5.75 Å². The molecule has 0 fully saturated rings. The lowest BCUT2D eigenvalue weighted by Gasteiger charge is -2.28. The highest BCUT2D eigenvalue weighted by Crippen LogP contribution is 2.29. The summed E-state index contributed by atoms with van der Waals surface area (Å²) >= 11 is 0. The van der Waals surface area contributed by atoms with E-state index in [1.807, 2.05) is 6.92 Å². The lowest BCUT2D eigenvalue weighted by molar-refractivity contribution is -0.384. The highest BCUT2D eigenvalue weighted by molar-refractivity contribution is 5.85. The zero-order valence-corrected chi connectivity index (χ0v) is 13.1. The van der Waals surface area contributed by atoms with E-state index >= 15 is 0 Å². The highest BCUT2D eigenvalue weighted by atomic mass is 35.5. The van der Waals surface area contributed by atoms with Crippen LogP contribution in [0.2, 0.25) is 0 Å². The number of nitrogens with zero attached hydrogens (tertiary/aromatic N) is 2. The van der Waals surface area contributed by atoms with Gasteiger partial charge in [0.25, 0.3) is 5.69 Å². The van der Waals surface area contributed by atoms with Gasteiger partial charge in [-0.1, -0.05) is 13.8 Å². The second-order valence-corrected chi connectivity index (χ2v) is 4.18. The Morgan fingerprint density at radius 3 is 2.45 bits per heavy atom. The van der Waals surface area contributed by atoms with Crippen LogP contribution in [0.5, 0.6) is 5.75 Å². The van der Waals surface area contributed by atoms with E-state index in [1.54, 1.807) is 6.07 Å². The average Bonchev–Trinajstić information content (AvgIpc) is 2.40. The first-order chi connectivity index (χ1) is 9.03. The van der Waals surface area contributed by atoms with E-state index in [-0.39, 0.29) is 24.3 Å². The molecule has 7 heteroatoms. The number of anilines is 1. The van der Waals surface area contributed by atoms with Crippen molar-refractivity contribution in [1.82, 2.24) is 4.90 Å². The molecular weight excluding hydrogens is 282 g/mol. The summed E-state index contributed by atoms with van der Waals surface area (Å²) in [4.78, 5) is 12.5. The Labute approximate surface area is 125 Å². The number of hydrogen-bond acceptors (Lipinski definition) is 5. The summed E-state index contributed by atoms with van der Waals surface area (Å²) in [6.07, 6.45) is 0.130. The molecule has 1 aromatic carbocycles. The molecule has 1 N–H and O–H groups in total. The van der Waals surface area contributed by atoms with Crippen LogP contribution in [0.25, 0.3) is 0 Å². The standard InChI is InChI=1S/C13H21N3O3.ClH/c1-5-15(6-2)10(3)14-12-8-7-11(16(17)18)9-13(12)19-4;/h7-10,14H,5-6H2,1-4H3;1H. The molecule has 0 bridgehead atoms. The Balaban J connectivity index is 0.00000361. The van der Waals surface area contributed by atoms with Gasteiger partial charge in [0.15, 0.2) is 0 Å². The third kappa shape index (κ3) is 4.54. The highest BCUT2D eigenvalue weighted by Gasteiger charge is 2.15. The number of rotatable bonds is 7. The summed E-state index contributed by atoms with van der Waals surface area (Å²) < 4.78 is 5.20. The maximum Gasteiger partial charge on any atom is 0.273 e. The summed E-state index contributed by atoms with van der Waals surface area (Å²) in [7, 11) is 1.51. The third-order valence-corrected chi connectivity index (χ3v) is 3.12.